The van der Waals surface area contributed by atoms with Crippen LogP contribution in [0.15, 0.2) is 30.5 Å². The molecule has 0 radical (unpaired) electrons. The number of carbonyl (C=O) groups excluding carboxylic acids is 2. The molecular weight excluding hydrogens is 346 g/mol. The highest BCUT2D eigenvalue weighted by Crippen LogP contribution is 2.19. The Morgan fingerprint density at radius 1 is 1.11 bits per heavy atom. The first-order valence-corrected chi connectivity index (χ1v) is 9.12. The average Bonchev–Trinajstić information content (AvgIpc) is 3.01. The van der Waals surface area contributed by atoms with Crippen LogP contribution in [0.4, 0.5) is 0 Å². The maximum absolute atomic E-state index is 12.7. The molecule has 2 unspecified atom stereocenters. The van der Waals surface area contributed by atoms with E-state index in [-0.39, 0.29) is 36.6 Å². The van der Waals surface area contributed by atoms with Crippen molar-refractivity contribution in [3.05, 3.63) is 36.0 Å². The van der Waals surface area contributed by atoms with Crippen LogP contribution in [0.2, 0.25) is 0 Å². The fourth-order valence-corrected chi connectivity index (χ4v) is 2.84. The highest BCUT2D eigenvalue weighted by molar-refractivity contribution is 5.90. The largest absolute Gasteiger partial charge is 0.481 e. The van der Waals surface area contributed by atoms with Gasteiger partial charge in [-0.05, 0) is 17.5 Å². The second kappa shape index (κ2) is 9.21. The van der Waals surface area contributed by atoms with Crippen LogP contribution in [0.25, 0.3) is 10.9 Å². The summed E-state index contributed by atoms with van der Waals surface area (Å²) in [6.45, 7) is 5.54. The minimum Gasteiger partial charge on any atom is -0.481 e. The smallest absolute Gasteiger partial charge is 0.303 e. The highest BCUT2D eigenvalue weighted by atomic mass is 16.4. The maximum Gasteiger partial charge on any atom is 0.303 e. The molecule has 27 heavy (non-hydrogen) atoms. The monoisotopic (exact) mass is 373 g/mol. The Labute approximate surface area is 158 Å². The molecule has 4 N–H and O–H groups in total. The van der Waals surface area contributed by atoms with Crippen LogP contribution >= 0.6 is 0 Å². The summed E-state index contributed by atoms with van der Waals surface area (Å²) in [4.78, 5) is 38.8. The molecule has 1 aromatic heterocycles. The number of hydrogen-bond acceptors (Lipinski definition) is 3. The van der Waals surface area contributed by atoms with Gasteiger partial charge >= 0.3 is 5.97 Å². The molecule has 7 heteroatoms. The Morgan fingerprint density at radius 2 is 1.81 bits per heavy atom. The van der Waals surface area contributed by atoms with Crippen molar-refractivity contribution in [3.8, 4) is 0 Å². The number of amides is 2. The van der Waals surface area contributed by atoms with Crippen LogP contribution in [0.5, 0.6) is 0 Å². The third-order valence-electron chi connectivity index (χ3n) is 4.40. The van der Waals surface area contributed by atoms with E-state index in [9.17, 15) is 14.4 Å². The second-order valence-electron chi connectivity index (χ2n) is 7.23. The van der Waals surface area contributed by atoms with Gasteiger partial charge in [-0.15, -0.1) is 0 Å². The van der Waals surface area contributed by atoms with Gasteiger partial charge in [-0.25, -0.2) is 0 Å². The number of carboxylic acid groups (broad SMARTS) is 1. The van der Waals surface area contributed by atoms with Crippen molar-refractivity contribution in [2.24, 2.45) is 11.8 Å². The van der Waals surface area contributed by atoms with Crippen LogP contribution in [-0.4, -0.2) is 40.5 Å². The van der Waals surface area contributed by atoms with E-state index in [1.165, 1.54) is 0 Å². The molecular formula is C20H27N3O4. The standard InChI is InChI=1S/C20H27N3O4/c1-12(2)19(26)23-17(20(27)22-10-13(3)8-18(24)25)9-14-11-21-16-7-5-4-6-15(14)16/h4-7,11-13,17,21H,8-10H2,1-3H3,(H,22,27)(H,23,26)(H,24,25). The third kappa shape index (κ3) is 5.84. The summed E-state index contributed by atoms with van der Waals surface area (Å²) in [5.41, 5.74) is 1.91. The number of benzene rings is 1. The lowest BCUT2D eigenvalue weighted by atomic mass is 10.0. The van der Waals surface area contributed by atoms with E-state index >= 15 is 0 Å². The topological polar surface area (TPSA) is 111 Å². The lowest BCUT2D eigenvalue weighted by Crippen LogP contribution is -2.49. The lowest BCUT2D eigenvalue weighted by Gasteiger charge is -2.20. The fraction of sp³-hybridized carbons (Fsp3) is 0.450. The molecule has 2 aromatic rings. The molecule has 7 nitrogen and oxygen atoms in total. The molecule has 0 saturated heterocycles. The van der Waals surface area contributed by atoms with E-state index in [2.05, 4.69) is 15.6 Å². The predicted molar refractivity (Wildman–Crippen MR) is 103 cm³/mol. The van der Waals surface area contributed by atoms with E-state index in [1.54, 1.807) is 20.8 Å². The number of aromatic nitrogens is 1. The zero-order valence-corrected chi connectivity index (χ0v) is 15.9. The first-order valence-electron chi connectivity index (χ1n) is 9.12. The number of carboxylic acids is 1. The van der Waals surface area contributed by atoms with Crippen LogP contribution < -0.4 is 10.6 Å². The molecule has 1 aromatic carbocycles. The molecule has 2 amide bonds. The van der Waals surface area contributed by atoms with Gasteiger partial charge < -0.3 is 20.7 Å². The van der Waals surface area contributed by atoms with Gasteiger partial charge in [-0.1, -0.05) is 39.0 Å². The molecule has 0 spiro atoms. The summed E-state index contributed by atoms with van der Waals surface area (Å²) in [7, 11) is 0. The van der Waals surface area contributed by atoms with E-state index in [0.29, 0.717) is 6.42 Å². The summed E-state index contributed by atoms with van der Waals surface area (Å²) in [6, 6.07) is 7.05. The van der Waals surface area contributed by atoms with Crippen LogP contribution in [0, 0.1) is 11.8 Å². The van der Waals surface area contributed by atoms with Gasteiger partial charge in [0.05, 0.1) is 0 Å². The number of aromatic amines is 1. The van der Waals surface area contributed by atoms with Gasteiger partial charge in [-0.3, -0.25) is 14.4 Å². The molecule has 0 saturated carbocycles. The predicted octanol–water partition coefficient (Wildman–Crippen LogP) is 2.08. The van der Waals surface area contributed by atoms with Crippen molar-refractivity contribution in [2.75, 3.05) is 6.54 Å². The highest BCUT2D eigenvalue weighted by Gasteiger charge is 2.24. The van der Waals surface area contributed by atoms with Crippen molar-refractivity contribution in [1.29, 1.82) is 0 Å². The maximum atomic E-state index is 12.7. The third-order valence-corrected chi connectivity index (χ3v) is 4.40. The number of nitrogens with one attached hydrogen (secondary N) is 3. The summed E-state index contributed by atoms with van der Waals surface area (Å²) >= 11 is 0. The van der Waals surface area contributed by atoms with Crippen LogP contribution in [0.1, 0.15) is 32.8 Å². The van der Waals surface area contributed by atoms with Crippen molar-refractivity contribution in [2.45, 2.75) is 39.7 Å². The SMILES string of the molecule is CC(CNC(=O)C(Cc1c[nH]c2ccccc12)NC(=O)C(C)C)CC(=O)O. The number of aliphatic carboxylic acids is 1. The lowest BCUT2D eigenvalue weighted by molar-refractivity contribution is -0.138. The van der Waals surface area contributed by atoms with E-state index in [1.807, 2.05) is 30.5 Å². The number of carbonyl (C=O) groups is 3. The van der Waals surface area contributed by atoms with E-state index in [4.69, 9.17) is 5.11 Å². The minimum absolute atomic E-state index is 0.0221. The summed E-state index contributed by atoms with van der Waals surface area (Å²) < 4.78 is 0. The fourth-order valence-electron chi connectivity index (χ4n) is 2.84. The number of para-hydroxylation sites is 1. The molecule has 0 aliphatic heterocycles. The number of H-pyrrole nitrogens is 1. The Bertz CT molecular complexity index is 812. The number of hydrogen-bond donors (Lipinski definition) is 4. The average molecular weight is 373 g/mol. The minimum atomic E-state index is -0.903. The van der Waals surface area contributed by atoms with E-state index in [0.717, 1.165) is 16.5 Å². The van der Waals surface area contributed by atoms with Gasteiger partial charge in [-0.2, -0.15) is 0 Å². The molecule has 0 fully saturated rings. The molecule has 2 atom stereocenters. The first-order chi connectivity index (χ1) is 12.8. The zero-order valence-electron chi connectivity index (χ0n) is 15.9. The van der Waals surface area contributed by atoms with Gasteiger partial charge in [0.1, 0.15) is 6.04 Å². The number of fused-ring (bicyclic) bond motifs is 1. The Kier molecular flexibility index (Phi) is 6.98. The van der Waals surface area contributed by atoms with Crippen LogP contribution in [-0.2, 0) is 20.8 Å². The first kappa shape index (κ1) is 20.5. The quantitative estimate of drug-likeness (QED) is 0.539. The summed E-state index contributed by atoms with van der Waals surface area (Å²) in [5, 5.41) is 15.4. The van der Waals surface area contributed by atoms with Crippen molar-refractivity contribution < 1.29 is 19.5 Å². The van der Waals surface area contributed by atoms with Gasteiger partial charge in [0, 0.05) is 42.4 Å². The second-order valence-corrected chi connectivity index (χ2v) is 7.23. The van der Waals surface area contributed by atoms with Crippen molar-refractivity contribution in [3.63, 3.8) is 0 Å². The molecule has 1 heterocycles. The summed E-state index contributed by atoms with van der Waals surface area (Å²) in [6.07, 6.45) is 2.17. The van der Waals surface area contributed by atoms with Crippen molar-refractivity contribution >= 4 is 28.7 Å². The van der Waals surface area contributed by atoms with Crippen molar-refractivity contribution in [1.82, 2.24) is 15.6 Å². The zero-order chi connectivity index (χ0) is 20.0. The van der Waals surface area contributed by atoms with Gasteiger partial charge in [0.15, 0.2) is 0 Å². The van der Waals surface area contributed by atoms with Crippen LogP contribution in [0.3, 0.4) is 0 Å². The Morgan fingerprint density at radius 3 is 2.48 bits per heavy atom. The number of rotatable bonds is 9. The molecule has 0 aliphatic rings. The Hall–Kier alpha value is -2.83. The summed E-state index contributed by atoms with van der Waals surface area (Å²) in [5.74, 6) is -1.85. The molecule has 0 bridgehead atoms. The Balaban J connectivity index is 2.11. The molecule has 146 valence electrons. The van der Waals surface area contributed by atoms with Gasteiger partial charge in [0.25, 0.3) is 0 Å². The molecule has 0 aliphatic carbocycles. The van der Waals surface area contributed by atoms with E-state index < -0.39 is 12.0 Å². The van der Waals surface area contributed by atoms with Gasteiger partial charge in [0.2, 0.25) is 11.8 Å². The normalized spacial score (nSPS) is 13.3. The molecule has 2 rings (SSSR count).